The Kier molecular flexibility index (Phi) is 4.60. The lowest BCUT2D eigenvalue weighted by molar-refractivity contribution is -0.151. The van der Waals surface area contributed by atoms with Crippen LogP contribution in [0.4, 0.5) is 0 Å². The van der Waals surface area contributed by atoms with E-state index in [1.807, 2.05) is 25.1 Å². The second-order valence-electron chi connectivity index (χ2n) is 3.93. The Bertz CT molecular complexity index is 452. The van der Waals surface area contributed by atoms with Crippen LogP contribution in [0, 0.1) is 0 Å². The molecule has 6 heteroatoms. The summed E-state index contributed by atoms with van der Waals surface area (Å²) in [6.07, 6.45) is -0.553. The smallest absolute Gasteiger partial charge is 0.347 e. The molecule has 2 atom stereocenters. The normalized spacial score (nSPS) is 21.1. The van der Waals surface area contributed by atoms with Crippen LogP contribution in [0.3, 0.4) is 0 Å². The van der Waals surface area contributed by atoms with Crippen LogP contribution < -0.4 is 8.92 Å². The minimum atomic E-state index is -0.553. The van der Waals surface area contributed by atoms with E-state index in [0.29, 0.717) is 6.61 Å². The third-order valence-electron chi connectivity index (χ3n) is 2.83. The zero-order valence-electron chi connectivity index (χ0n) is 10.0. The van der Waals surface area contributed by atoms with Gasteiger partial charge in [-0.25, -0.2) is 4.79 Å². The van der Waals surface area contributed by atoms with Crippen LogP contribution in [0.25, 0.3) is 0 Å². The van der Waals surface area contributed by atoms with Crippen LogP contribution in [-0.2, 0) is 9.53 Å². The summed E-state index contributed by atoms with van der Waals surface area (Å²) in [5.41, 5.74) is 0.982. The van der Waals surface area contributed by atoms with Gasteiger partial charge in [0, 0.05) is 32.7 Å². The van der Waals surface area contributed by atoms with Crippen molar-refractivity contribution in [1.82, 2.24) is 0 Å². The van der Waals surface area contributed by atoms with E-state index in [2.05, 4.69) is 21.2 Å². The lowest BCUT2D eigenvalue weighted by Crippen LogP contribution is -2.29. The first kappa shape index (κ1) is 13.8. The van der Waals surface area contributed by atoms with Crippen molar-refractivity contribution in [3.05, 3.63) is 23.8 Å². The molecular formula is C12H13IO4S. The molecule has 0 saturated carbocycles. The van der Waals surface area contributed by atoms with E-state index in [1.54, 1.807) is 6.92 Å². The monoisotopic (exact) mass is 380 g/mol. The van der Waals surface area contributed by atoms with Gasteiger partial charge in [0.1, 0.15) is 20.7 Å². The van der Waals surface area contributed by atoms with Crippen molar-refractivity contribution >= 4 is 36.4 Å². The Balaban J connectivity index is 2.19. The molecule has 0 spiro atoms. The molecule has 2 rings (SSSR count). The molecule has 4 nitrogen and oxygen atoms in total. The van der Waals surface area contributed by atoms with Gasteiger partial charge in [-0.15, -0.1) is 0 Å². The van der Waals surface area contributed by atoms with Gasteiger partial charge in [0.2, 0.25) is 6.10 Å². The molecule has 0 N–H and O–H groups in total. The summed E-state index contributed by atoms with van der Waals surface area (Å²) in [6.45, 7) is 4.10. The molecule has 0 bridgehead atoms. The average molecular weight is 380 g/mol. The summed E-state index contributed by atoms with van der Waals surface area (Å²) in [5.74, 6) is 1.15. The van der Waals surface area contributed by atoms with Gasteiger partial charge in [0.15, 0.2) is 0 Å². The summed E-state index contributed by atoms with van der Waals surface area (Å²) in [5, 5.41) is 0. The molecule has 1 aliphatic heterocycles. The number of rotatable bonds is 4. The van der Waals surface area contributed by atoms with Crippen LogP contribution in [-0.4, -0.2) is 18.7 Å². The topological polar surface area (TPSA) is 44.8 Å². The first-order valence-electron chi connectivity index (χ1n) is 5.60. The highest BCUT2D eigenvalue weighted by atomic mass is 127. The maximum Gasteiger partial charge on any atom is 0.347 e. The summed E-state index contributed by atoms with van der Waals surface area (Å²) < 4.78 is 16.0. The van der Waals surface area contributed by atoms with Gasteiger partial charge in [0.25, 0.3) is 0 Å². The van der Waals surface area contributed by atoms with Crippen molar-refractivity contribution < 1.29 is 18.5 Å². The third-order valence-corrected chi connectivity index (χ3v) is 3.62. The summed E-state index contributed by atoms with van der Waals surface area (Å²) >= 11 is 2.06. The van der Waals surface area contributed by atoms with Gasteiger partial charge in [-0.1, -0.05) is 6.92 Å². The van der Waals surface area contributed by atoms with Crippen molar-refractivity contribution in [2.45, 2.75) is 25.9 Å². The van der Waals surface area contributed by atoms with Gasteiger partial charge >= 0.3 is 5.97 Å². The molecule has 1 aromatic carbocycles. The number of benzene rings is 1. The molecule has 1 aliphatic rings. The minimum absolute atomic E-state index is 0.0261. The second kappa shape index (κ2) is 6.01. The van der Waals surface area contributed by atoms with E-state index in [1.165, 1.54) is 9.21 Å². The molecule has 0 fully saturated rings. The number of carbonyl (C=O) groups is 1. The molecule has 0 radical (unpaired) electrons. The number of fused-ring (bicyclic) bond motifs is 1. The van der Waals surface area contributed by atoms with Gasteiger partial charge in [0.05, 0.1) is 6.61 Å². The maximum absolute atomic E-state index is 11.8. The molecule has 0 aromatic heterocycles. The highest BCUT2D eigenvalue weighted by Gasteiger charge is 2.37. The van der Waals surface area contributed by atoms with E-state index < -0.39 is 6.10 Å². The number of esters is 1. The summed E-state index contributed by atoms with van der Waals surface area (Å²) in [4.78, 5) is 11.8. The lowest BCUT2D eigenvalue weighted by atomic mass is 9.97. The van der Waals surface area contributed by atoms with Crippen molar-refractivity contribution in [3.63, 3.8) is 0 Å². The molecule has 1 heterocycles. The van der Waals surface area contributed by atoms with Crippen molar-refractivity contribution in [2.24, 2.45) is 0 Å². The molecule has 2 unspecified atom stereocenters. The SMILES string of the molecule is CCOC(=O)C1Oc2ccc(OSI)cc2C1C. The molecule has 98 valence electrons. The van der Waals surface area contributed by atoms with E-state index in [-0.39, 0.29) is 11.9 Å². The predicted molar refractivity (Wildman–Crippen MR) is 78.1 cm³/mol. The fraction of sp³-hybridized carbons (Fsp3) is 0.417. The van der Waals surface area contributed by atoms with Crippen molar-refractivity contribution in [1.29, 1.82) is 0 Å². The Labute approximate surface area is 122 Å². The number of halogens is 1. The fourth-order valence-corrected chi connectivity index (χ4v) is 2.76. The van der Waals surface area contributed by atoms with Gasteiger partial charge in [-0.3, -0.25) is 0 Å². The molecular weight excluding hydrogens is 367 g/mol. The standard InChI is InChI=1S/C12H13IO4S/c1-3-15-12(14)11-7(2)9-6-8(17-18-13)4-5-10(9)16-11/h4-7,11H,3H2,1-2H3. The van der Waals surface area contributed by atoms with Crippen LogP contribution in [0.1, 0.15) is 25.3 Å². The Morgan fingerprint density at radius 1 is 1.56 bits per heavy atom. The number of ether oxygens (including phenoxy) is 2. The molecule has 0 saturated heterocycles. The number of hydrogen-bond acceptors (Lipinski definition) is 5. The fourth-order valence-electron chi connectivity index (χ4n) is 1.96. The van der Waals surface area contributed by atoms with Crippen LogP contribution >= 0.6 is 30.4 Å². The van der Waals surface area contributed by atoms with Crippen molar-refractivity contribution in [3.8, 4) is 11.5 Å². The van der Waals surface area contributed by atoms with Crippen molar-refractivity contribution in [2.75, 3.05) is 6.61 Å². The van der Waals surface area contributed by atoms with E-state index in [9.17, 15) is 4.79 Å². The molecule has 1 aromatic rings. The highest BCUT2D eigenvalue weighted by Crippen LogP contribution is 2.41. The lowest BCUT2D eigenvalue weighted by Gasteiger charge is -2.13. The second-order valence-corrected chi connectivity index (χ2v) is 5.30. The summed E-state index contributed by atoms with van der Waals surface area (Å²) in [6, 6.07) is 5.56. The molecule has 0 amide bonds. The zero-order chi connectivity index (χ0) is 13.1. The first-order chi connectivity index (χ1) is 8.67. The average Bonchev–Trinajstić information content (AvgIpc) is 2.68. The third kappa shape index (κ3) is 2.69. The molecule has 18 heavy (non-hydrogen) atoms. The van der Waals surface area contributed by atoms with Gasteiger partial charge in [-0.05, 0) is 25.1 Å². The molecule has 0 aliphatic carbocycles. The summed E-state index contributed by atoms with van der Waals surface area (Å²) in [7, 11) is 1.25. The number of hydrogen-bond donors (Lipinski definition) is 0. The van der Waals surface area contributed by atoms with E-state index in [0.717, 1.165) is 17.1 Å². The largest absolute Gasteiger partial charge is 0.478 e. The van der Waals surface area contributed by atoms with Crippen LogP contribution in [0.2, 0.25) is 0 Å². The Morgan fingerprint density at radius 3 is 3.00 bits per heavy atom. The van der Waals surface area contributed by atoms with Crippen LogP contribution in [0.5, 0.6) is 11.5 Å². The highest BCUT2D eigenvalue weighted by molar-refractivity contribution is 14.2. The predicted octanol–water partition coefficient (Wildman–Crippen LogP) is 3.49. The Morgan fingerprint density at radius 2 is 2.33 bits per heavy atom. The quantitative estimate of drug-likeness (QED) is 0.455. The minimum Gasteiger partial charge on any atom is -0.478 e. The van der Waals surface area contributed by atoms with Crippen LogP contribution in [0.15, 0.2) is 18.2 Å². The zero-order valence-corrected chi connectivity index (χ0v) is 13.0. The number of carbonyl (C=O) groups excluding carboxylic acids is 1. The first-order valence-corrected chi connectivity index (χ1v) is 8.88. The Hall–Kier alpha value is -0.630. The van der Waals surface area contributed by atoms with E-state index >= 15 is 0 Å². The van der Waals surface area contributed by atoms with E-state index in [4.69, 9.17) is 13.7 Å². The van der Waals surface area contributed by atoms with Gasteiger partial charge in [-0.2, -0.15) is 0 Å². The van der Waals surface area contributed by atoms with Gasteiger partial charge < -0.3 is 13.7 Å². The maximum atomic E-state index is 11.8.